The van der Waals surface area contributed by atoms with Crippen LogP contribution >= 0.6 is 11.8 Å². The van der Waals surface area contributed by atoms with Crippen molar-refractivity contribution in [2.45, 2.75) is 6.04 Å². The van der Waals surface area contributed by atoms with Gasteiger partial charge in [-0.1, -0.05) is 12.1 Å². The van der Waals surface area contributed by atoms with Crippen LogP contribution in [0.5, 0.6) is 5.75 Å². The van der Waals surface area contributed by atoms with Crippen molar-refractivity contribution < 1.29 is 14.6 Å². The van der Waals surface area contributed by atoms with Crippen LogP contribution in [0.25, 0.3) is 0 Å². The Morgan fingerprint density at radius 1 is 1.64 bits per heavy atom. The molecule has 1 atom stereocenters. The average molecular weight is 216 g/mol. The lowest BCUT2D eigenvalue weighted by molar-refractivity contribution is -0.139. The van der Waals surface area contributed by atoms with E-state index in [0.717, 1.165) is 0 Å². The Kier molecular flexibility index (Phi) is 3.73. The van der Waals surface area contributed by atoms with Gasteiger partial charge in [0.05, 0.1) is 7.11 Å². The van der Waals surface area contributed by atoms with Crippen molar-refractivity contribution in [3.8, 4) is 5.75 Å². The molecule has 0 bridgehead atoms. The lowest BCUT2D eigenvalue weighted by Crippen LogP contribution is -2.21. The molecule has 76 valence electrons. The number of nitrogens with one attached hydrogen (secondary N) is 1. The SMILES string of the molecule is COc1cccc([C@@H](NCl)C(=O)O)c1. The zero-order valence-corrected chi connectivity index (χ0v) is 8.28. The first-order valence-corrected chi connectivity index (χ1v) is 4.29. The fourth-order valence-electron chi connectivity index (χ4n) is 1.07. The van der Waals surface area contributed by atoms with Gasteiger partial charge in [0.1, 0.15) is 11.8 Å². The molecular formula is C9H10ClNO3. The number of benzene rings is 1. The summed E-state index contributed by atoms with van der Waals surface area (Å²) in [5, 5.41) is 8.80. The van der Waals surface area contributed by atoms with Crippen LogP contribution in [0.15, 0.2) is 24.3 Å². The molecule has 0 amide bonds. The average Bonchev–Trinajstić information content (AvgIpc) is 2.19. The molecule has 14 heavy (non-hydrogen) atoms. The molecule has 0 saturated carbocycles. The van der Waals surface area contributed by atoms with E-state index in [1.165, 1.54) is 7.11 Å². The summed E-state index contributed by atoms with van der Waals surface area (Å²) in [5.74, 6) is -0.436. The summed E-state index contributed by atoms with van der Waals surface area (Å²) in [6.07, 6.45) is 0. The lowest BCUT2D eigenvalue weighted by atomic mass is 10.1. The first kappa shape index (κ1) is 10.8. The van der Waals surface area contributed by atoms with E-state index in [1.807, 2.05) is 0 Å². The third kappa shape index (κ3) is 2.37. The highest BCUT2D eigenvalue weighted by molar-refractivity contribution is 6.14. The molecule has 0 unspecified atom stereocenters. The van der Waals surface area contributed by atoms with Gasteiger partial charge in [0.25, 0.3) is 0 Å². The van der Waals surface area contributed by atoms with Gasteiger partial charge in [-0.25, -0.2) is 4.84 Å². The van der Waals surface area contributed by atoms with Crippen LogP contribution in [0, 0.1) is 0 Å². The lowest BCUT2D eigenvalue weighted by Gasteiger charge is -2.10. The minimum atomic E-state index is -1.03. The highest BCUT2D eigenvalue weighted by atomic mass is 35.5. The number of carbonyl (C=O) groups is 1. The van der Waals surface area contributed by atoms with E-state index in [-0.39, 0.29) is 0 Å². The van der Waals surface area contributed by atoms with E-state index in [2.05, 4.69) is 4.84 Å². The quantitative estimate of drug-likeness (QED) is 0.749. The second-order valence-electron chi connectivity index (χ2n) is 2.66. The van der Waals surface area contributed by atoms with Gasteiger partial charge in [0.2, 0.25) is 0 Å². The van der Waals surface area contributed by atoms with Crippen molar-refractivity contribution in [1.82, 2.24) is 4.84 Å². The number of carboxylic acid groups (broad SMARTS) is 1. The number of hydrogen-bond donors (Lipinski definition) is 2. The van der Waals surface area contributed by atoms with Gasteiger partial charge in [-0.15, -0.1) is 0 Å². The van der Waals surface area contributed by atoms with E-state index in [9.17, 15) is 4.79 Å². The minimum absolute atomic E-state index is 0.548. The smallest absolute Gasteiger partial charge is 0.326 e. The molecule has 0 aliphatic rings. The molecule has 5 heteroatoms. The van der Waals surface area contributed by atoms with Crippen molar-refractivity contribution in [3.63, 3.8) is 0 Å². The summed E-state index contributed by atoms with van der Waals surface area (Å²) in [6, 6.07) is 5.80. The first-order valence-electron chi connectivity index (χ1n) is 3.92. The second kappa shape index (κ2) is 4.83. The van der Waals surface area contributed by atoms with Gasteiger partial charge in [-0.05, 0) is 29.5 Å². The summed E-state index contributed by atoms with van der Waals surface area (Å²) >= 11 is 5.32. The van der Waals surface area contributed by atoms with Crippen molar-refractivity contribution in [2.75, 3.05) is 7.11 Å². The van der Waals surface area contributed by atoms with E-state index in [1.54, 1.807) is 24.3 Å². The monoisotopic (exact) mass is 215 g/mol. The summed E-state index contributed by atoms with van der Waals surface area (Å²) in [5.41, 5.74) is 0.548. The zero-order chi connectivity index (χ0) is 10.6. The number of hydrogen-bond acceptors (Lipinski definition) is 3. The Labute approximate surface area is 86.6 Å². The first-order chi connectivity index (χ1) is 6.69. The molecule has 0 fully saturated rings. The van der Waals surface area contributed by atoms with E-state index in [4.69, 9.17) is 21.6 Å². The molecule has 1 rings (SSSR count). The molecule has 0 spiro atoms. The Balaban J connectivity index is 2.98. The summed E-state index contributed by atoms with van der Waals surface area (Å²) in [4.78, 5) is 12.9. The molecule has 4 nitrogen and oxygen atoms in total. The topological polar surface area (TPSA) is 58.6 Å². The van der Waals surface area contributed by atoms with Crippen LogP contribution in [0.4, 0.5) is 0 Å². The molecule has 0 heterocycles. The summed E-state index contributed by atoms with van der Waals surface area (Å²) < 4.78 is 4.97. The maximum Gasteiger partial charge on any atom is 0.326 e. The Morgan fingerprint density at radius 3 is 2.86 bits per heavy atom. The van der Waals surface area contributed by atoms with Crippen LogP contribution in [-0.4, -0.2) is 18.2 Å². The molecule has 0 aromatic heterocycles. The van der Waals surface area contributed by atoms with E-state index in [0.29, 0.717) is 11.3 Å². The standard InChI is InChI=1S/C9H10ClNO3/c1-14-7-4-2-3-6(5-7)8(11-10)9(12)13/h2-5,8,11H,1H3,(H,12,13)/t8-/m1/s1. The summed E-state index contributed by atoms with van der Waals surface area (Å²) in [7, 11) is 1.52. The van der Waals surface area contributed by atoms with Crippen molar-refractivity contribution in [2.24, 2.45) is 0 Å². The molecule has 0 aliphatic carbocycles. The summed E-state index contributed by atoms with van der Waals surface area (Å²) in [6.45, 7) is 0. The Morgan fingerprint density at radius 2 is 2.36 bits per heavy atom. The fourth-order valence-corrected chi connectivity index (χ4v) is 1.29. The molecule has 2 N–H and O–H groups in total. The van der Waals surface area contributed by atoms with Gasteiger partial charge in [-0.2, -0.15) is 0 Å². The molecule has 1 aromatic rings. The van der Waals surface area contributed by atoms with Gasteiger partial charge in [0, 0.05) is 0 Å². The Bertz CT molecular complexity index is 330. The molecule has 0 radical (unpaired) electrons. The zero-order valence-electron chi connectivity index (χ0n) is 7.53. The van der Waals surface area contributed by atoms with Crippen molar-refractivity contribution in [3.05, 3.63) is 29.8 Å². The van der Waals surface area contributed by atoms with Crippen LogP contribution in [-0.2, 0) is 4.79 Å². The molecule has 1 aromatic carbocycles. The van der Waals surface area contributed by atoms with Crippen LogP contribution in [0.1, 0.15) is 11.6 Å². The predicted octanol–water partition coefficient (Wildman–Crippen LogP) is 1.56. The highest BCUT2D eigenvalue weighted by Gasteiger charge is 2.18. The van der Waals surface area contributed by atoms with E-state index < -0.39 is 12.0 Å². The molecule has 0 saturated heterocycles. The molecule has 0 aliphatic heterocycles. The molecular weight excluding hydrogens is 206 g/mol. The third-order valence-electron chi connectivity index (χ3n) is 1.78. The normalized spacial score (nSPS) is 12.1. The van der Waals surface area contributed by atoms with Gasteiger partial charge in [0.15, 0.2) is 0 Å². The number of aliphatic carboxylic acids is 1. The number of methoxy groups -OCH3 is 1. The fraction of sp³-hybridized carbons (Fsp3) is 0.222. The number of ether oxygens (including phenoxy) is 1. The predicted molar refractivity (Wildman–Crippen MR) is 52.4 cm³/mol. The Hall–Kier alpha value is -1.26. The number of halogens is 1. The van der Waals surface area contributed by atoms with Gasteiger partial charge >= 0.3 is 5.97 Å². The van der Waals surface area contributed by atoms with Gasteiger partial charge < -0.3 is 9.84 Å². The van der Waals surface area contributed by atoms with Gasteiger partial charge in [-0.3, -0.25) is 4.79 Å². The maximum absolute atomic E-state index is 10.7. The maximum atomic E-state index is 10.7. The van der Waals surface area contributed by atoms with Crippen LogP contribution in [0.2, 0.25) is 0 Å². The largest absolute Gasteiger partial charge is 0.497 e. The highest BCUT2D eigenvalue weighted by Crippen LogP contribution is 2.19. The second-order valence-corrected chi connectivity index (χ2v) is 2.88. The van der Waals surface area contributed by atoms with Crippen molar-refractivity contribution >= 4 is 17.7 Å². The van der Waals surface area contributed by atoms with E-state index >= 15 is 0 Å². The van der Waals surface area contributed by atoms with Crippen molar-refractivity contribution in [1.29, 1.82) is 0 Å². The van der Waals surface area contributed by atoms with Crippen LogP contribution in [0.3, 0.4) is 0 Å². The number of carboxylic acids is 1. The third-order valence-corrected chi connectivity index (χ3v) is 2.00. The minimum Gasteiger partial charge on any atom is -0.497 e. The number of rotatable bonds is 4. The van der Waals surface area contributed by atoms with Crippen LogP contribution < -0.4 is 9.57 Å².